The highest BCUT2D eigenvalue weighted by molar-refractivity contribution is 5.76. The third kappa shape index (κ3) is 65.0. The Morgan fingerprint density at radius 3 is 0.963 bits per heavy atom. The number of amides is 1. The van der Waals surface area contributed by atoms with Crippen LogP contribution in [0.15, 0.2) is 48.6 Å². The van der Waals surface area contributed by atoms with Gasteiger partial charge in [-0.05, 0) is 89.9 Å². The van der Waals surface area contributed by atoms with Gasteiger partial charge in [-0.3, -0.25) is 9.59 Å². The number of unbranched alkanes of at least 4 members (excludes halogenated alkanes) is 48. The third-order valence-electron chi connectivity index (χ3n) is 16.6. The van der Waals surface area contributed by atoms with Gasteiger partial charge in [0, 0.05) is 12.8 Å². The topological polar surface area (TPSA) is 95.9 Å². The third-order valence-corrected chi connectivity index (χ3v) is 16.6. The maximum Gasteiger partial charge on any atom is 0.305 e. The van der Waals surface area contributed by atoms with E-state index in [-0.39, 0.29) is 18.5 Å². The number of rotatable bonds is 67. The highest BCUT2D eigenvalue weighted by Gasteiger charge is 2.20. The zero-order chi connectivity index (χ0) is 57.8. The first-order valence-electron chi connectivity index (χ1n) is 35.9. The molecule has 0 radical (unpaired) electrons. The van der Waals surface area contributed by atoms with Gasteiger partial charge in [0.1, 0.15) is 0 Å². The summed E-state index contributed by atoms with van der Waals surface area (Å²) >= 11 is 0. The van der Waals surface area contributed by atoms with Crippen LogP contribution < -0.4 is 5.32 Å². The molecule has 0 rings (SSSR count). The van der Waals surface area contributed by atoms with E-state index in [9.17, 15) is 19.8 Å². The summed E-state index contributed by atoms with van der Waals surface area (Å²) in [6.45, 7) is 4.96. The number of allylic oxidation sites excluding steroid dienone is 8. The molecule has 470 valence electrons. The van der Waals surface area contributed by atoms with E-state index in [1.165, 1.54) is 295 Å². The molecule has 0 aliphatic rings. The van der Waals surface area contributed by atoms with Crippen LogP contribution in [0.3, 0.4) is 0 Å². The molecule has 0 aromatic rings. The van der Waals surface area contributed by atoms with Gasteiger partial charge in [0.05, 0.1) is 25.4 Å². The van der Waals surface area contributed by atoms with Gasteiger partial charge in [-0.1, -0.05) is 332 Å². The second-order valence-corrected chi connectivity index (χ2v) is 24.6. The lowest BCUT2D eigenvalue weighted by atomic mass is 10.0. The van der Waals surface area contributed by atoms with E-state index in [4.69, 9.17) is 4.74 Å². The SMILES string of the molecule is CCCCCC/C=C\C/C=C\CCCCCCCCCC(=O)OCCCCCCCCCCC/C=C\C/C=C\CCCCCCCCCCCCCC(=O)NC(CO)C(O)CCCCCCCCCCCCCCCCCCCC. The molecule has 0 aromatic carbocycles. The van der Waals surface area contributed by atoms with E-state index in [0.29, 0.717) is 25.9 Å². The molecule has 3 N–H and O–H groups in total. The molecule has 0 heterocycles. The first-order valence-corrected chi connectivity index (χ1v) is 35.9. The van der Waals surface area contributed by atoms with Crippen LogP contribution in [0.5, 0.6) is 0 Å². The van der Waals surface area contributed by atoms with Crippen LogP contribution in [0.4, 0.5) is 0 Å². The standard InChI is InChI=1S/C74H139NO5/c1-3-5-7-9-11-13-15-17-19-21-34-38-42-46-50-54-58-62-66-72(77)71(70-76)75-73(78)67-63-59-55-51-47-43-39-35-32-30-28-26-24-23-25-27-29-31-33-37-41-45-49-53-57-61-65-69-80-74(79)68-64-60-56-52-48-44-40-36-22-20-18-16-14-12-10-8-6-4-2/h14,16,20,22-24,27,29,71-72,76-77H,3-13,15,17-19,21,25-26,28,30-70H2,1-2H3,(H,75,78)/b16-14-,22-20-,24-23-,29-27-. The fourth-order valence-corrected chi connectivity index (χ4v) is 11.1. The summed E-state index contributed by atoms with van der Waals surface area (Å²) in [7, 11) is 0. The van der Waals surface area contributed by atoms with Crippen molar-refractivity contribution in [2.75, 3.05) is 13.2 Å². The number of carbonyl (C=O) groups is 2. The van der Waals surface area contributed by atoms with Crippen LogP contribution in [-0.2, 0) is 14.3 Å². The van der Waals surface area contributed by atoms with E-state index >= 15 is 0 Å². The Balaban J connectivity index is 3.42. The lowest BCUT2D eigenvalue weighted by Gasteiger charge is -2.22. The van der Waals surface area contributed by atoms with E-state index in [0.717, 1.165) is 57.8 Å². The van der Waals surface area contributed by atoms with Crippen molar-refractivity contribution in [3.05, 3.63) is 48.6 Å². The number of ether oxygens (including phenoxy) is 1. The Morgan fingerprint density at radius 1 is 0.350 bits per heavy atom. The van der Waals surface area contributed by atoms with Gasteiger partial charge in [-0.25, -0.2) is 0 Å². The summed E-state index contributed by atoms with van der Waals surface area (Å²) in [5.41, 5.74) is 0. The molecule has 6 nitrogen and oxygen atoms in total. The van der Waals surface area contributed by atoms with E-state index in [1.54, 1.807) is 0 Å². The molecule has 0 aliphatic carbocycles. The number of aliphatic hydroxyl groups excluding tert-OH is 2. The zero-order valence-electron chi connectivity index (χ0n) is 53.8. The first kappa shape index (κ1) is 77.8. The minimum absolute atomic E-state index is 0.00359. The van der Waals surface area contributed by atoms with Gasteiger partial charge in [-0.15, -0.1) is 0 Å². The van der Waals surface area contributed by atoms with Gasteiger partial charge in [-0.2, -0.15) is 0 Å². The summed E-state index contributed by atoms with van der Waals surface area (Å²) in [4.78, 5) is 24.6. The van der Waals surface area contributed by atoms with Crippen LogP contribution in [-0.4, -0.2) is 47.4 Å². The fraction of sp³-hybridized carbons (Fsp3) is 0.865. The number of esters is 1. The summed E-state index contributed by atoms with van der Waals surface area (Å²) in [6, 6.07) is -0.545. The van der Waals surface area contributed by atoms with Crippen molar-refractivity contribution in [2.24, 2.45) is 0 Å². The van der Waals surface area contributed by atoms with Crippen molar-refractivity contribution < 1.29 is 24.5 Å². The number of hydrogen-bond acceptors (Lipinski definition) is 5. The minimum atomic E-state index is -0.668. The average molecular weight is 1120 g/mol. The van der Waals surface area contributed by atoms with Crippen LogP contribution in [0, 0.1) is 0 Å². The first-order chi connectivity index (χ1) is 39.5. The van der Waals surface area contributed by atoms with Crippen LogP contribution in [0.25, 0.3) is 0 Å². The Kier molecular flexibility index (Phi) is 67.4. The van der Waals surface area contributed by atoms with Gasteiger partial charge in [0.25, 0.3) is 0 Å². The van der Waals surface area contributed by atoms with Crippen molar-refractivity contribution in [1.82, 2.24) is 5.32 Å². The van der Waals surface area contributed by atoms with Gasteiger partial charge in [0.2, 0.25) is 5.91 Å². The van der Waals surface area contributed by atoms with Crippen molar-refractivity contribution >= 4 is 11.9 Å². The minimum Gasteiger partial charge on any atom is -0.466 e. The Hall–Kier alpha value is -2.18. The molecular formula is C74H139NO5. The lowest BCUT2D eigenvalue weighted by Crippen LogP contribution is -2.45. The Morgan fingerprint density at radius 2 is 0.625 bits per heavy atom. The quantitative estimate of drug-likeness (QED) is 0.0320. The molecule has 2 atom stereocenters. The van der Waals surface area contributed by atoms with Crippen LogP contribution in [0.2, 0.25) is 0 Å². The van der Waals surface area contributed by atoms with Crippen molar-refractivity contribution in [3.8, 4) is 0 Å². The van der Waals surface area contributed by atoms with E-state index in [2.05, 4.69) is 67.8 Å². The maximum atomic E-state index is 12.5. The average Bonchev–Trinajstić information content (AvgIpc) is 3.46. The zero-order valence-corrected chi connectivity index (χ0v) is 53.8. The highest BCUT2D eigenvalue weighted by atomic mass is 16.5. The molecule has 0 bridgehead atoms. The normalized spacial score (nSPS) is 12.8. The summed E-state index contributed by atoms with van der Waals surface area (Å²) < 4.78 is 5.50. The largest absolute Gasteiger partial charge is 0.466 e. The predicted octanol–water partition coefficient (Wildman–Crippen LogP) is 23.3. The highest BCUT2D eigenvalue weighted by Crippen LogP contribution is 2.18. The fourth-order valence-electron chi connectivity index (χ4n) is 11.1. The molecule has 0 saturated carbocycles. The summed E-state index contributed by atoms with van der Waals surface area (Å²) in [6.07, 6.45) is 90.1. The number of nitrogens with one attached hydrogen (secondary N) is 1. The van der Waals surface area contributed by atoms with E-state index in [1.807, 2.05) is 0 Å². The molecular weight excluding hydrogens is 983 g/mol. The molecule has 0 aromatic heterocycles. The molecule has 0 fully saturated rings. The monoisotopic (exact) mass is 1120 g/mol. The summed E-state index contributed by atoms with van der Waals surface area (Å²) in [5, 5.41) is 23.4. The lowest BCUT2D eigenvalue weighted by molar-refractivity contribution is -0.143. The molecule has 80 heavy (non-hydrogen) atoms. The number of hydrogen-bond donors (Lipinski definition) is 3. The molecule has 0 saturated heterocycles. The summed E-state index contributed by atoms with van der Waals surface area (Å²) in [5.74, 6) is -0.0317. The Bertz CT molecular complexity index is 1340. The van der Waals surface area contributed by atoms with Crippen molar-refractivity contribution in [3.63, 3.8) is 0 Å². The molecule has 1 amide bonds. The molecule has 0 aliphatic heterocycles. The van der Waals surface area contributed by atoms with Gasteiger partial charge in [0.15, 0.2) is 0 Å². The molecule has 6 heteroatoms. The smallest absolute Gasteiger partial charge is 0.305 e. The van der Waals surface area contributed by atoms with Crippen molar-refractivity contribution in [1.29, 1.82) is 0 Å². The maximum absolute atomic E-state index is 12.5. The number of aliphatic hydroxyl groups is 2. The number of carbonyl (C=O) groups excluding carboxylic acids is 2. The van der Waals surface area contributed by atoms with Gasteiger partial charge >= 0.3 is 5.97 Å². The molecule has 0 spiro atoms. The molecule has 2 unspecified atom stereocenters. The van der Waals surface area contributed by atoms with Crippen LogP contribution >= 0.6 is 0 Å². The van der Waals surface area contributed by atoms with Crippen LogP contribution in [0.1, 0.15) is 386 Å². The van der Waals surface area contributed by atoms with Gasteiger partial charge < -0.3 is 20.3 Å². The van der Waals surface area contributed by atoms with Crippen molar-refractivity contribution in [2.45, 2.75) is 398 Å². The second kappa shape index (κ2) is 69.3. The van der Waals surface area contributed by atoms with E-state index < -0.39 is 12.1 Å². The predicted molar refractivity (Wildman–Crippen MR) is 352 cm³/mol. The second-order valence-electron chi connectivity index (χ2n) is 24.6. The Labute approximate surface area is 499 Å².